The van der Waals surface area contributed by atoms with Crippen LogP contribution < -0.4 is 4.90 Å². The average molecular weight is 277 g/mol. The lowest BCUT2D eigenvalue weighted by Crippen LogP contribution is -2.50. The molecule has 0 aromatic carbocycles. The van der Waals surface area contributed by atoms with Gasteiger partial charge in [0.25, 0.3) is 0 Å². The van der Waals surface area contributed by atoms with Crippen LogP contribution in [0.2, 0.25) is 0 Å². The Labute approximate surface area is 118 Å². The molecule has 6 heteroatoms. The normalized spacial score (nSPS) is 20.7. The summed E-state index contributed by atoms with van der Waals surface area (Å²) in [6.07, 6.45) is 3.13. The van der Waals surface area contributed by atoms with Gasteiger partial charge >= 0.3 is 5.97 Å². The fourth-order valence-electron chi connectivity index (χ4n) is 2.66. The molecule has 0 radical (unpaired) electrons. The Hall–Kier alpha value is -1.66. The third-order valence-electron chi connectivity index (χ3n) is 3.93. The Balaban J connectivity index is 1.57. The largest absolute Gasteiger partial charge is 0.478 e. The zero-order valence-corrected chi connectivity index (χ0v) is 11.4. The van der Waals surface area contributed by atoms with Gasteiger partial charge in [-0.15, -0.1) is 0 Å². The van der Waals surface area contributed by atoms with Crippen LogP contribution in [-0.2, 0) is 4.74 Å². The Kier molecular flexibility index (Phi) is 3.84. The molecule has 3 rings (SSSR count). The third-order valence-corrected chi connectivity index (χ3v) is 3.93. The molecule has 0 spiro atoms. The van der Waals surface area contributed by atoms with Crippen LogP contribution in [0.4, 0.5) is 5.69 Å². The van der Waals surface area contributed by atoms with E-state index in [-0.39, 0.29) is 5.56 Å². The summed E-state index contributed by atoms with van der Waals surface area (Å²) < 4.78 is 5.20. The average Bonchev–Trinajstić information content (AvgIpc) is 2.44. The van der Waals surface area contributed by atoms with Crippen molar-refractivity contribution in [2.75, 3.05) is 50.8 Å². The number of aromatic nitrogens is 1. The topological polar surface area (TPSA) is 65.9 Å². The van der Waals surface area contributed by atoms with Crippen molar-refractivity contribution < 1.29 is 14.6 Å². The second-order valence-electron chi connectivity index (χ2n) is 5.43. The molecule has 6 nitrogen and oxygen atoms in total. The Morgan fingerprint density at radius 2 is 2.05 bits per heavy atom. The molecule has 3 heterocycles. The maximum atomic E-state index is 11.0. The highest BCUT2D eigenvalue weighted by Gasteiger charge is 2.24. The third kappa shape index (κ3) is 2.91. The second-order valence-corrected chi connectivity index (χ2v) is 5.43. The first-order valence-corrected chi connectivity index (χ1v) is 6.96. The SMILES string of the molecule is O=C(O)c1cncc(N2CCN(CC3COC3)CC2)c1. The number of ether oxygens (including phenoxy) is 1. The van der Waals surface area contributed by atoms with Gasteiger partial charge in [-0.05, 0) is 6.07 Å². The summed E-state index contributed by atoms with van der Waals surface area (Å²) in [6, 6.07) is 1.70. The molecule has 0 unspecified atom stereocenters. The maximum absolute atomic E-state index is 11.0. The van der Waals surface area contributed by atoms with Crippen molar-refractivity contribution >= 4 is 11.7 Å². The van der Waals surface area contributed by atoms with Crippen LogP contribution in [0.5, 0.6) is 0 Å². The minimum Gasteiger partial charge on any atom is -0.478 e. The maximum Gasteiger partial charge on any atom is 0.337 e. The summed E-state index contributed by atoms with van der Waals surface area (Å²) in [7, 11) is 0. The Bertz CT molecular complexity index is 482. The first kappa shape index (κ1) is 13.3. The summed E-state index contributed by atoms with van der Waals surface area (Å²) in [5.74, 6) is -0.235. The fraction of sp³-hybridized carbons (Fsp3) is 0.571. The molecule has 0 aliphatic carbocycles. The predicted octanol–water partition coefficient (Wildman–Crippen LogP) is 0.548. The van der Waals surface area contributed by atoms with Crippen molar-refractivity contribution in [1.29, 1.82) is 0 Å². The van der Waals surface area contributed by atoms with Crippen molar-refractivity contribution in [1.82, 2.24) is 9.88 Å². The van der Waals surface area contributed by atoms with E-state index in [1.807, 2.05) is 0 Å². The highest BCUT2D eigenvalue weighted by Crippen LogP contribution is 2.18. The second kappa shape index (κ2) is 5.76. The number of carbonyl (C=O) groups is 1. The number of aromatic carboxylic acids is 1. The van der Waals surface area contributed by atoms with E-state index in [0.717, 1.165) is 51.6 Å². The lowest BCUT2D eigenvalue weighted by molar-refractivity contribution is -0.0468. The van der Waals surface area contributed by atoms with Gasteiger partial charge in [-0.25, -0.2) is 4.79 Å². The first-order valence-electron chi connectivity index (χ1n) is 6.96. The van der Waals surface area contributed by atoms with Crippen LogP contribution in [0.25, 0.3) is 0 Å². The smallest absolute Gasteiger partial charge is 0.337 e. The number of rotatable bonds is 4. The summed E-state index contributed by atoms with van der Waals surface area (Å²) >= 11 is 0. The standard InChI is InChI=1S/C14H19N3O3/c18-14(19)12-5-13(7-15-6-12)17-3-1-16(2-4-17)8-11-9-20-10-11/h5-7,11H,1-4,8-10H2,(H,18,19). The van der Waals surface area contributed by atoms with E-state index in [1.165, 1.54) is 6.20 Å². The first-order chi connectivity index (χ1) is 9.72. The lowest BCUT2D eigenvalue weighted by atomic mass is 10.1. The van der Waals surface area contributed by atoms with Crippen LogP contribution in [-0.4, -0.2) is 66.9 Å². The summed E-state index contributed by atoms with van der Waals surface area (Å²) in [4.78, 5) is 19.6. The summed E-state index contributed by atoms with van der Waals surface area (Å²) in [6.45, 7) is 6.75. The number of carboxylic acid groups (broad SMARTS) is 1. The number of pyridine rings is 1. The molecule has 108 valence electrons. The number of carboxylic acids is 1. The van der Waals surface area contributed by atoms with Crippen molar-refractivity contribution in [3.8, 4) is 0 Å². The fourth-order valence-corrected chi connectivity index (χ4v) is 2.66. The Morgan fingerprint density at radius 3 is 2.65 bits per heavy atom. The molecule has 1 aromatic heterocycles. The van der Waals surface area contributed by atoms with E-state index in [1.54, 1.807) is 12.3 Å². The van der Waals surface area contributed by atoms with Crippen LogP contribution in [0.1, 0.15) is 10.4 Å². The van der Waals surface area contributed by atoms with Gasteiger partial charge in [-0.2, -0.15) is 0 Å². The van der Waals surface area contributed by atoms with E-state index in [0.29, 0.717) is 5.92 Å². The van der Waals surface area contributed by atoms with Gasteiger partial charge in [0.15, 0.2) is 0 Å². The molecule has 0 atom stereocenters. The van der Waals surface area contributed by atoms with Gasteiger partial charge in [-0.3, -0.25) is 9.88 Å². The Morgan fingerprint density at radius 1 is 1.30 bits per heavy atom. The summed E-state index contributed by atoms with van der Waals surface area (Å²) in [5, 5.41) is 9.00. The van der Waals surface area contributed by atoms with Crippen LogP contribution in [0.15, 0.2) is 18.5 Å². The molecule has 1 aromatic rings. The van der Waals surface area contributed by atoms with E-state index in [4.69, 9.17) is 9.84 Å². The van der Waals surface area contributed by atoms with Gasteiger partial charge in [0.05, 0.1) is 30.7 Å². The molecule has 2 fully saturated rings. The zero-order valence-electron chi connectivity index (χ0n) is 11.4. The zero-order chi connectivity index (χ0) is 13.9. The highest BCUT2D eigenvalue weighted by molar-refractivity contribution is 5.88. The van der Waals surface area contributed by atoms with Crippen molar-refractivity contribution in [3.63, 3.8) is 0 Å². The molecule has 0 bridgehead atoms. The summed E-state index contributed by atoms with van der Waals surface area (Å²) in [5.41, 5.74) is 1.15. The molecule has 2 saturated heterocycles. The molecular weight excluding hydrogens is 258 g/mol. The van der Waals surface area contributed by atoms with Crippen LogP contribution in [0, 0.1) is 5.92 Å². The minimum absolute atomic E-state index is 0.247. The predicted molar refractivity (Wildman–Crippen MR) is 74.2 cm³/mol. The number of piperazine rings is 1. The molecule has 20 heavy (non-hydrogen) atoms. The number of anilines is 1. The van der Waals surface area contributed by atoms with Crippen molar-refractivity contribution in [2.24, 2.45) is 5.92 Å². The van der Waals surface area contributed by atoms with Gasteiger partial charge < -0.3 is 14.7 Å². The number of hydrogen-bond donors (Lipinski definition) is 1. The molecule has 1 N–H and O–H groups in total. The highest BCUT2D eigenvalue weighted by atomic mass is 16.5. The van der Waals surface area contributed by atoms with Crippen molar-refractivity contribution in [2.45, 2.75) is 0 Å². The van der Waals surface area contributed by atoms with Gasteiger partial charge in [0.1, 0.15) is 0 Å². The van der Waals surface area contributed by atoms with E-state index < -0.39 is 5.97 Å². The molecular formula is C14H19N3O3. The molecule has 2 aliphatic rings. The number of nitrogens with zero attached hydrogens (tertiary/aromatic N) is 3. The quantitative estimate of drug-likeness (QED) is 0.867. The van der Waals surface area contributed by atoms with E-state index in [9.17, 15) is 4.79 Å². The van der Waals surface area contributed by atoms with Gasteiger partial charge in [0, 0.05) is 44.8 Å². The molecule has 0 amide bonds. The van der Waals surface area contributed by atoms with E-state index in [2.05, 4.69) is 14.8 Å². The van der Waals surface area contributed by atoms with Gasteiger partial charge in [-0.1, -0.05) is 0 Å². The van der Waals surface area contributed by atoms with E-state index >= 15 is 0 Å². The monoisotopic (exact) mass is 277 g/mol. The molecule has 2 aliphatic heterocycles. The minimum atomic E-state index is -0.928. The van der Waals surface area contributed by atoms with Gasteiger partial charge in [0.2, 0.25) is 0 Å². The lowest BCUT2D eigenvalue weighted by Gasteiger charge is -2.39. The van der Waals surface area contributed by atoms with Crippen LogP contribution in [0.3, 0.4) is 0 Å². The number of hydrogen-bond acceptors (Lipinski definition) is 5. The molecule has 0 saturated carbocycles. The van der Waals surface area contributed by atoms with Crippen LogP contribution >= 0.6 is 0 Å². The van der Waals surface area contributed by atoms with Crippen molar-refractivity contribution in [3.05, 3.63) is 24.0 Å².